The van der Waals surface area contributed by atoms with Crippen molar-refractivity contribution in [3.63, 3.8) is 0 Å². The van der Waals surface area contributed by atoms with Gasteiger partial charge in [-0.3, -0.25) is 0 Å². The number of hydrogen-bond donors (Lipinski definition) is 2. The molecule has 0 saturated carbocycles. The van der Waals surface area contributed by atoms with Gasteiger partial charge in [-0.05, 0) is 31.2 Å². The van der Waals surface area contributed by atoms with Crippen molar-refractivity contribution in [1.82, 2.24) is 0 Å². The lowest BCUT2D eigenvalue weighted by Gasteiger charge is -2.35. The van der Waals surface area contributed by atoms with Gasteiger partial charge in [-0.1, -0.05) is 13.0 Å². The first kappa shape index (κ1) is 11.7. The third kappa shape index (κ3) is 2.00. The lowest BCUT2D eigenvalue weighted by Crippen LogP contribution is -2.43. The lowest BCUT2D eigenvalue weighted by atomic mass is 9.75. The van der Waals surface area contributed by atoms with E-state index in [0.717, 1.165) is 12.8 Å². The molecule has 1 aromatic heterocycles. The topological polar surface area (TPSA) is 46.2 Å². The minimum Gasteiger partial charge on any atom is -0.396 e. The Morgan fingerprint density at radius 2 is 2.36 bits per heavy atom. The first-order valence-electron chi connectivity index (χ1n) is 5.07. The Bertz CT molecular complexity index is 258. The Hall–Kier alpha value is -0.380. The van der Waals surface area contributed by atoms with Crippen LogP contribution in [0.25, 0.3) is 0 Å². The fourth-order valence-corrected chi connectivity index (χ4v) is 3.14. The Morgan fingerprint density at radius 1 is 1.64 bits per heavy atom. The molecular formula is C11H19NOS. The van der Waals surface area contributed by atoms with Gasteiger partial charge in [0, 0.05) is 22.9 Å². The van der Waals surface area contributed by atoms with Gasteiger partial charge >= 0.3 is 0 Å². The Kier molecular flexibility index (Phi) is 4.11. The minimum atomic E-state index is -0.0388. The smallest absolute Gasteiger partial charge is 0.0440 e. The molecule has 0 aromatic carbocycles. The quantitative estimate of drug-likeness (QED) is 0.787. The van der Waals surface area contributed by atoms with Gasteiger partial charge in [0.25, 0.3) is 0 Å². The van der Waals surface area contributed by atoms with E-state index in [0.29, 0.717) is 0 Å². The molecule has 1 heterocycles. The second-order valence-corrected chi connectivity index (χ2v) is 4.70. The van der Waals surface area contributed by atoms with Gasteiger partial charge in [-0.25, -0.2) is 0 Å². The molecule has 0 amide bonds. The molecule has 2 atom stereocenters. The molecule has 0 aliphatic heterocycles. The summed E-state index contributed by atoms with van der Waals surface area (Å²) in [5, 5.41) is 11.2. The van der Waals surface area contributed by atoms with Crippen molar-refractivity contribution in [2.24, 2.45) is 5.73 Å². The van der Waals surface area contributed by atoms with Crippen LogP contribution in [0, 0.1) is 0 Å². The summed E-state index contributed by atoms with van der Waals surface area (Å²) in [6, 6.07) is 4.25. The van der Waals surface area contributed by atoms with Crippen molar-refractivity contribution in [2.45, 2.75) is 38.1 Å². The summed E-state index contributed by atoms with van der Waals surface area (Å²) < 4.78 is 0. The van der Waals surface area contributed by atoms with Crippen LogP contribution in [0.2, 0.25) is 0 Å². The van der Waals surface area contributed by atoms with Crippen LogP contribution in [0.1, 0.15) is 31.6 Å². The minimum absolute atomic E-state index is 0.0388. The molecule has 3 N–H and O–H groups in total. The molecule has 0 spiro atoms. The normalized spacial score (nSPS) is 17.7. The van der Waals surface area contributed by atoms with E-state index in [4.69, 9.17) is 10.8 Å². The van der Waals surface area contributed by atoms with Crippen molar-refractivity contribution in [1.29, 1.82) is 0 Å². The van der Waals surface area contributed by atoms with Crippen molar-refractivity contribution < 1.29 is 5.11 Å². The molecule has 0 radical (unpaired) electrons. The van der Waals surface area contributed by atoms with Crippen molar-refractivity contribution in [3.05, 3.63) is 22.4 Å². The second kappa shape index (κ2) is 4.91. The maximum Gasteiger partial charge on any atom is 0.0440 e. The molecule has 0 aliphatic carbocycles. The second-order valence-electron chi connectivity index (χ2n) is 3.75. The summed E-state index contributed by atoms with van der Waals surface area (Å²) in [5.74, 6) is 0. The highest BCUT2D eigenvalue weighted by atomic mass is 32.1. The average molecular weight is 213 g/mol. The molecule has 0 bridgehead atoms. The highest BCUT2D eigenvalue weighted by molar-refractivity contribution is 7.10. The number of nitrogens with two attached hydrogens (primary N) is 1. The molecular weight excluding hydrogens is 194 g/mol. The van der Waals surface area contributed by atoms with Crippen LogP contribution in [0.5, 0.6) is 0 Å². The number of thiophene rings is 1. The molecule has 0 aliphatic rings. The standard InChI is InChI=1S/C11H19NOS/c1-3-11(6-7-13,9(2)12)10-5-4-8-14-10/h4-5,8-9,13H,3,6-7,12H2,1-2H3. The van der Waals surface area contributed by atoms with E-state index in [2.05, 4.69) is 18.4 Å². The van der Waals surface area contributed by atoms with Gasteiger partial charge in [0.1, 0.15) is 0 Å². The largest absolute Gasteiger partial charge is 0.396 e. The van der Waals surface area contributed by atoms with Gasteiger partial charge in [0.15, 0.2) is 0 Å². The predicted octanol–water partition coefficient (Wildman–Crippen LogP) is 2.13. The highest BCUT2D eigenvalue weighted by Crippen LogP contribution is 2.36. The van der Waals surface area contributed by atoms with Crippen LogP contribution in [0.3, 0.4) is 0 Å². The third-order valence-electron chi connectivity index (χ3n) is 3.07. The molecule has 14 heavy (non-hydrogen) atoms. The van der Waals surface area contributed by atoms with E-state index in [-0.39, 0.29) is 18.1 Å². The van der Waals surface area contributed by atoms with Crippen LogP contribution >= 0.6 is 11.3 Å². The Morgan fingerprint density at radius 3 is 2.71 bits per heavy atom. The first-order valence-corrected chi connectivity index (χ1v) is 5.95. The van der Waals surface area contributed by atoms with E-state index >= 15 is 0 Å². The van der Waals surface area contributed by atoms with Crippen molar-refractivity contribution in [2.75, 3.05) is 6.61 Å². The van der Waals surface area contributed by atoms with Gasteiger partial charge in [0.05, 0.1) is 0 Å². The zero-order valence-corrected chi connectivity index (χ0v) is 9.68. The van der Waals surface area contributed by atoms with Crippen molar-refractivity contribution in [3.8, 4) is 0 Å². The predicted molar refractivity (Wildman–Crippen MR) is 61.6 cm³/mol. The van der Waals surface area contributed by atoms with Gasteiger partial charge in [-0.15, -0.1) is 11.3 Å². The molecule has 0 saturated heterocycles. The van der Waals surface area contributed by atoms with Crippen LogP contribution in [0.4, 0.5) is 0 Å². The van der Waals surface area contributed by atoms with E-state index in [1.807, 2.05) is 13.0 Å². The summed E-state index contributed by atoms with van der Waals surface area (Å²) in [4.78, 5) is 1.30. The van der Waals surface area contributed by atoms with Crippen LogP contribution in [-0.2, 0) is 5.41 Å². The zero-order chi connectivity index (χ0) is 10.6. The summed E-state index contributed by atoms with van der Waals surface area (Å²) in [7, 11) is 0. The highest BCUT2D eigenvalue weighted by Gasteiger charge is 2.34. The number of aliphatic hydroxyl groups is 1. The molecule has 0 fully saturated rings. The summed E-state index contributed by atoms with van der Waals surface area (Å²) in [6.07, 6.45) is 1.73. The maximum atomic E-state index is 9.13. The summed E-state index contributed by atoms with van der Waals surface area (Å²) in [5.41, 5.74) is 6.02. The average Bonchev–Trinajstić information content (AvgIpc) is 2.66. The first-order chi connectivity index (χ1) is 6.67. The monoisotopic (exact) mass is 213 g/mol. The lowest BCUT2D eigenvalue weighted by molar-refractivity contribution is 0.216. The van der Waals surface area contributed by atoms with E-state index in [1.165, 1.54) is 4.88 Å². The molecule has 1 aromatic rings. The fraction of sp³-hybridized carbons (Fsp3) is 0.636. The molecule has 2 nitrogen and oxygen atoms in total. The van der Waals surface area contributed by atoms with E-state index in [1.54, 1.807) is 11.3 Å². The van der Waals surface area contributed by atoms with Crippen molar-refractivity contribution >= 4 is 11.3 Å². The number of hydrogen-bond acceptors (Lipinski definition) is 3. The fourth-order valence-electron chi connectivity index (χ4n) is 2.01. The van der Waals surface area contributed by atoms with Crippen LogP contribution < -0.4 is 5.73 Å². The van der Waals surface area contributed by atoms with Crippen LogP contribution in [0.15, 0.2) is 17.5 Å². The number of aliphatic hydroxyl groups excluding tert-OH is 1. The summed E-state index contributed by atoms with van der Waals surface area (Å²) >= 11 is 1.73. The Labute approximate surface area is 89.8 Å². The van der Waals surface area contributed by atoms with Gasteiger partial charge < -0.3 is 10.8 Å². The maximum absolute atomic E-state index is 9.13. The molecule has 1 rings (SSSR count). The molecule has 2 unspecified atom stereocenters. The summed E-state index contributed by atoms with van der Waals surface area (Å²) in [6.45, 7) is 4.37. The van der Waals surface area contributed by atoms with E-state index in [9.17, 15) is 0 Å². The Balaban J connectivity index is 3.01. The SMILES string of the molecule is CCC(CCO)(c1cccs1)C(C)N. The number of rotatable bonds is 5. The zero-order valence-electron chi connectivity index (χ0n) is 8.86. The van der Waals surface area contributed by atoms with Gasteiger partial charge in [-0.2, -0.15) is 0 Å². The third-order valence-corrected chi connectivity index (χ3v) is 4.16. The molecule has 80 valence electrons. The van der Waals surface area contributed by atoms with Crippen LogP contribution in [-0.4, -0.2) is 17.8 Å². The molecule has 3 heteroatoms. The van der Waals surface area contributed by atoms with Gasteiger partial charge in [0.2, 0.25) is 0 Å². The van der Waals surface area contributed by atoms with E-state index < -0.39 is 0 Å².